The molecule has 0 spiro atoms. The van der Waals surface area contributed by atoms with Crippen LogP contribution in [0.2, 0.25) is 5.02 Å². The highest BCUT2D eigenvalue weighted by atomic mass is 35.5. The molecule has 6 nitrogen and oxygen atoms in total. The molecule has 1 aliphatic heterocycles. The number of hydrogen-bond acceptors (Lipinski definition) is 4. The third-order valence-electron chi connectivity index (χ3n) is 4.46. The smallest absolute Gasteiger partial charge is 0.264 e. The number of anilines is 2. The number of nitrogens with one attached hydrogen (secondary N) is 1. The summed E-state index contributed by atoms with van der Waals surface area (Å²) >= 11 is 5.97. The lowest BCUT2D eigenvalue weighted by molar-refractivity contribution is 0.102. The van der Waals surface area contributed by atoms with Gasteiger partial charge in [0.15, 0.2) is 0 Å². The fourth-order valence-corrected chi connectivity index (χ4v) is 4.82. The zero-order chi connectivity index (χ0) is 20.4. The molecule has 1 heterocycles. The van der Waals surface area contributed by atoms with Crippen molar-refractivity contribution in [2.75, 3.05) is 22.8 Å². The van der Waals surface area contributed by atoms with Gasteiger partial charge < -0.3 is 10.1 Å². The van der Waals surface area contributed by atoms with Crippen molar-refractivity contribution < 1.29 is 17.9 Å². The van der Waals surface area contributed by atoms with Crippen molar-refractivity contribution in [1.82, 2.24) is 0 Å². The van der Waals surface area contributed by atoms with Crippen LogP contribution in [0.3, 0.4) is 0 Å². The predicted molar refractivity (Wildman–Crippen MR) is 112 cm³/mol. The number of carbonyl (C=O) groups is 1. The first kappa shape index (κ1) is 19.3. The molecule has 0 fully saturated rings. The number of ether oxygens (including phenoxy) is 1. The lowest BCUT2D eigenvalue weighted by Gasteiger charge is -2.30. The Balaban J connectivity index is 1.69. The van der Waals surface area contributed by atoms with E-state index >= 15 is 0 Å². The summed E-state index contributed by atoms with van der Waals surface area (Å²) in [6, 6.07) is 19.8. The minimum Gasteiger partial charge on any atom is -0.489 e. The van der Waals surface area contributed by atoms with E-state index in [1.165, 1.54) is 22.5 Å². The number of benzene rings is 3. The molecular formula is C21H17ClN2O4S. The number of nitrogens with zero attached hydrogens (tertiary/aromatic N) is 1. The van der Waals surface area contributed by atoms with Gasteiger partial charge in [0.25, 0.3) is 15.9 Å². The highest BCUT2D eigenvalue weighted by Gasteiger charge is 2.31. The quantitative estimate of drug-likeness (QED) is 0.676. The van der Waals surface area contributed by atoms with E-state index in [1.807, 2.05) is 18.2 Å². The van der Waals surface area contributed by atoms with Gasteiger partial charge in [0.1, 0.15) is 12.4 Å². The third-order valence-corrected chi connectivity index (χ3v) is 6.50. The number of fused-ring (bicyclic) bond motifs is 1. The standard InChI is InChI=1S/C21H17ClN2O4S/c22-16-5-4-8-18(14-16)29(26,27)24-11-12-28-20-10-9-15(13-19(20)24)21(25)23-17-6-2-1-3-7-17/h1-10,13-14H,11-12H2,(H,23,25). The Bertz CT molecular complexity index is 1170. The van der Waals surface area contributed by atoms with E-state index in [2.05, 4.69) is 5.32 Å². The topological polar surface area (TPSA) is 75.7 Å². The lowest BCUT2D eigenvalue weighted by Crippen LogP contribution is -2.38. The van der Waals surface area contributed by atoms with Gasteiger partial charge in [-0.25, -0.2) is 8.42 Å². The number of sulfonamides is 1. The van der Waals surface area contributed by atoms with Crippen LogP contribution in [0.25, 0.3) is 0 Å². The van der Waals surface area contributed by atoms with Gasteiger partial charge in [-0.1, -0.05) is 35.9 Å². The summed E-state index contributed by atoms with van der Waals surface area (Å²) < 4.78 is 33.2. The molecule has 4 rings (SSSR count). The summed E-state index contributed by atoms with van der Waals surface area (Å²) in [6.07, 6.45) is 0. The second-order valence-electron chi connectivity index (χ2n) is 6.39. The SMILES string of the molecule is O=C(Nc1ccccc1)c1ccc2c(c1)N(S(=O)(=O)c1cccc(Cl)c1)CCO2. The molecule has 0 aliphatic carbocycles. The molecule has 1 aliphatic rings. The highest BCUT2D eigenvalue weighted by Crippen LogP contribution is 2.36. The first-order valence-corrected chi connectivity index (χ1v) is 10.7. The molecule has 29 heavy (non-hydrogen) atoms. The van der Waals surface area contributed by atoms with E-state index in [0.717, 1.165) is 0 Å². The number of rotatable bonds is 4. The molecule has 8 heteroatoms. The van der Waals surface area contributed by atoms with Crippen LogP contribution in [-0.2, 0) is 10.0 Å². The molecule has 0 unspecified atom stereocenters. The Morgan fingerprint density at radius 3 is 2.55 bits per heavy atom. The van der Waals surface area contributed by atoms with Crippen LogP contribution in [-0.4, -0.2) is 27.5 Å². The molecule has 0 aromatic heterocycles. The van der Waals surface area contributed by atoms with Crippen molar-refractivity contribution in [3.05, 3.63) is 83.4 Å². The summed E-state index contributed by atoms with van der Waals surface area (Å²) in [5.74, 6) is 0.0581. The van der Waals surface area contributed by atoms with E-state index in [9.17, 15) is 13.2 Å². The molecule has 3 aromatic rings. The summed E-state index contributed by atoms with van der Waals surface area (Å²) in [5, 5.41) is 3.12. The fourth-order valence-electron chi connectivity index (χ4n) is 3.06. The van der Waals surface area contributed by atoms with Crippen LogP contribution in [0.4, 0.5) is 11.4 Å². The molecule has 0 radical (unpaired) electrons. The predicted octanol–water partition coefficient (Wildman–Crippen LogP) is 4.18. The molecule has 0 atom stereocenters. The highest BCUT2D eigenvalue weighted by molar-refractivity contribution is 7.92. The van der Waals surface area contributed by atoms with Gasteiger partial charge in [-0.3, -0.25) is 9.10 Å². The van der Waals surface area contributed by atoms with Crippen molar-refractivity contribution >= 4 is 38.9 Å². The zero-order valence-corrected chi connectivity index (χ0v) is 16.8. The van der Waals surface area contributed by atoms with Crippen molar-refractivity contribution in [2.45, 2.75) is 4.90 Å². The minimum absolute atomic E-state index is 0.0805. The van der Waals surface area contributed by atoms with Crippen molar-refractivity contribution in [3.63, 3.8) is 0 Å². The maximum atomic E-state index is 13.2. The van der Waals surface area contributed by atoms with Gasteiger partial charge in [-0.05, 0) is 48.5 Å². The third kappa shape index (κ3) is 3.92. The first-order chi connectivity index (χ1) is 13.9. The zero-order valence-electron chi connectivity index (χ0n) is 15.2. The molecule has 1 N–H and O–H groups in total. The van der Waals surface area contributed by atoms with Crippen LogP contribution >= 0.6 is 11.6 Å². The van der Waals surface area contributed by atoms with E-state index in [4.69, 9.17) is 16.3 Å². The number of para-hydroxylation sites is 1. The van der Waals surface area contributed by atoms with Crippen molar-refractivity contribution in [3.8, 4) is 5.75 Å². The van der Waals surface area contributed by atoms with Gasteiger partial charge in [-0.2, -0.15) is 0 Å². The van der Waals surface area contributed by atoms with E-state index in [0.29, 0.717) is 27.7 Å². The van der Waals surface area contributed by atoms with Gasteiger partial charge >= 0.3 is 0 Å². The average molecular weight is 429 g/mol. The van der Waals surface area contributed by atoms with Gasteiger partial charge in [0, 0.05) is 16.3 Å². The summed E-state index contributed by atoms with van der Waals surface area (Å²) in [5.41, 5.74) is 1.29. The van der Waals surface area contributed by atoms with Crippen LogP contribution < -0.4 is 14.4 Å². The number of halogens is 1. The second-order valence-corrected chi connectivity index (χ2v) is 8.68. The van der Waals surface area contributed by atoms with E-state index in [1.54, 1.807) is 36.4 Å². The number of amides is 1. The number of hydrogen-bond donors (Lipinski definition) is 1. The summed E-state index contributed by atoms with van der Waals surface area (Å²) in [6.45, 7) is 0.341. The second kappa shape index (κ2) is 7.77. The minimum atomic E-state index is -3.86. The molecular weight excluding hydrogens is 412 g/mol. The molecule has 148 valence electrons. The molecule has 3 aromatic carbocycles. The molecule has 0 saturated carbocycles. The maximum Gasteiger partial charge on any atom is 0.264 e. The monoisotopic (exact) mass is 428 g/mol. The Labute approximate surface area is 173 Å². The maximum absolute atomic E-state index is 13.2. The Morgan fingerprint density at radius 2 is 1.79 bits per heavy atom. The fraction of sp³-hybridized carbons (Fsp3) is 0.0952. The molecule has 0 saturated heterocycles. The van der Waals surface area contributed by atoms with Crippen LogP contribution in [0.5, 0.6) is 5.75 Å². The van der Waals surface area contributed by atoms with E-state index in [-0.39, 0.29) is 24.0 Å². The molecule has 0 bridgehead atoms. The lowest BCUT2D eigenvalue weighted by atomic mass is 10.1. The Kier molecular flexibility index (Phi) is 5.17. The van der Waals surface area contributed by atoms with Gasteiger partial charge in [-0.15, -0.1) is 0 Å². The van der Waals surface area contributed by atoms with Crippen LogP contribution in [0.1, 0.15) is 10.4 Å². The number of carbonyl (C=O) groups excluding carboxylic acids is 1. The van der Waals surface area contributed by atoms with Crippen molar-refractivity contribution in [1.29, 1.82) is 0 Å². The Hall–Kier alpha value is -3.03. The van der Waals surface area contributed by atoms with Crippen LogP contribution in [0.15, 0.2) is 77.7 Å². The normalized spacial score (nSPS) is 13.3. The summed E-state index contributed by atoms with van der Waals surface area (Å²) in [4.78, 5) is 12.7. The summed E-state index contributed by atoms with van der Waals surface area (Å²) in [7, 11) is -3.86. The van der Waals surface area contributed by atoms with E-state index < -0.39 is 10.0 Å². The Morgan fingerprint density at radius 1 is 1.00 bits per heavy atom. The van der Waals surface area contributed by atoms with Crippen LogP contribution in [0, 0.1) is 0 Å². The van der Waals surface area contributed by atoms with Gasteiger partial charge in [0.05, 0.1) is 17.1 Å². The average Bonchev–Trinajstić information content (AvgIpc) is 2.73. The van der Waals surface area contributed by atoms with Gasteiger partial charge in [0.2, 0.25) is 0 Å². The largest absolute Gasteiger partial charge is 0.489 e. The molecule has 1 amide bonds. The van der Waals surface area contributed by atoms with Crippen molar-refractivity contribution in [2.24, 2.45) is 0 Å². The first-order valence-electron chi connectivity index (χ1n) is 8.87.